The SMILES string of the molecule is CCCn1c(SCC(=O)N2CCCC2)nc2ccc(C(F)(F)F)cc21. The molecule has 1 fully saturated rings. The van der Waals surface area contributed by atoms with Crippen molar-refractivity contribution in [1.29, 1.82) is 0 Å². The molecule has 0 aliphatic carbocycles. The van der Waals surface area contributed by atoms with Gasteiger partial charge in [0, 0.05) is 19.6 Å². The van der Waals surface area contributed by atoms with E-state index in [9.17, 15) is 18.0 Å². The zero-order valence-electron chi connectivity index (χ0n) is 14.0. The van der Waals surface area contributed by atoms with E-state index in [1.807, 2.05) is 11.8 Å². The van der Waals surface area contributed by atoms with Crippen molar-refractivity contribution in [3.8, 4) is 0 Å². The number of rotatable bonds is 5. The first kappa shape index (κ1) is 18.1. The summed E-state index contributed by atoms with van der Waals surface area (Å²) in [7, 11) is 0. The number of hydrogen-bond acceptors (Lipinski definition) is 3. The first-order valence-corrected chi connectivity index (χ1v) is 9.36. The van der Waals surface area contributed by atoms with E-state index in [1.165, 1.54) is 17.8 Å². The number of benzene rings is 1. The van der Waals surface area contributed by atoms with Crippen LogP contribution in [0, 0.1) is 0 Å². The summed E-state index contributed by atoms with van der Waals surface area (Å²) in [6, 6.07) is 3.59. The molecule has 1 saturated heterocycles. The van der Waals surface area contributed by atoms with Gasteiger partial charge in [-0.3, -0.25) is 4.79 Å². The highest BCUT2D eigenvalue weighted by molar-refractivity contribution is 7.99. The van der Waals surface area contributed by atoms with Crippen LogP contribution in [-0.2, 0) is 17.5 Å². The molecule has 0 spiro atoms. The van der Waals surface area contributed by atoms with E-state index >= 15 is 0 Å². The maximum atomic E-state index is 13.0. The lowest BCUT2D eigenvalue weighted by atomic mass is 10.2. The number of imidazole rings is 1. The Balaban J connectivity index is 1.86. The van der Waals surface area contributed by atoms with Crippen molar-refractivity contribution in [3.63, 3.8) is 0 Å². The zero-order chi connectivity index (χ0) is 18.0. The quantitative estimate of drug-likeness (QED) is 0.740. The zero-order valence-corrected chi connectivity index (χ0v) is 14.8. The number of halogens is 3. The predicted octanol–water partition coefficient (Wildman–Crippen LogP) is 4.18. The summed E-state index contributed by atoms with van der Waals surface area (Å²) in [5, 5.41) is 0.601. The smallest absolute Gasteiger partial charge is 0.342 e. The molecule has 1 aromatic carbocycles. The van der Waals surface area contributed by atoms with Crippen molar-refractivity contribution >= 4 is 28.7 Å². The first-order valence-electron chi connectivity index (χ1n) is 8.38. The minimum absolute atomic E-state index is 0.0635. The standard InChI is InChI=1S/C17H20F3N3OS/c1-2-7-23-14-10-12(17(18,19)20)5-6-13(14)21-16(23)25-11-15(24)22-8-3-4-9-22/h5-6,10H,2-4,7-9,11H2,1H3. The van der Waals surface area contributed by atoms with Gasteiger partial charge in [0.2, 0.25) is 5.91 Å². The molecule has 0 atom stereocenters. The lowest BCUT2D eigenvalue weighted by molar-refractivity contribution is -0.137. The molecule has 1 aliphatic rings. The van der Waals surface area contributed by atoms with E-state index in [-0.39, 0.29) is 11.7 Å². The average molecular weight is 371 g/mol. The van der Waals surface area contributed by atoms with Gasteiger partial charge in [-0.1, -0.05) is 18.7 Å². The summed E-state index contributed by atoms with van der Waals surface area (Å²) in [6.07, 6.45) is -1.54. The number of hydrogen-bond donors (Lipinski definition) is 0. The van der Waals surface area contributed by atoms with Crippen LogP contribution in [0.3, 0.4) is 0 Å². The van der Waals surface area contributed by atoms with E-state index in [0.29, 0.717) is 22.7 Å². The third-order valence-electron chi connectivity index (χ3n) is 4.27. The number of fused-ring (bicyclic) bond motifs is 1. The number of likely N-dealkylation sites (tertiary alicyclic amines) is 1. The molecule has 0 bridgehead atoms. The molecule has 2 aromatic rings. The van der Waals surface area contributed by atoms with Crippen LogP contribution in [0.5, 0.6) is 0 Å². The molecule has 1 amide bonds. The second-order valence-corrected chi connectivity index (χ2v) is 7.07. The molecule has 1 aromatic heterocycles. The number of amides is 1. The maximum absolute atomic E-state index is 13.0. The summed E-state index contributed by atoms with van der Waals surface area (Å²) in [5.74, 6) is 0.327. The third kappa shape index (κ3) is 3.94. The molecule has 0 N–H and O–H groups in total. The minimum atomic E-state index is -4.38. The lowest BCUT2D eigenvalue weighted by Crippen LogP contribution is -2.29. The van der Waals surface area contributed by atoms with Crippen LogP contribution < -0.4 is 0 Å². The van der Waals surface area contributed by atoms with E-state index in [2.05, 4.69) is 4.98 Å². The van der Waals surface area contributed by atoms with Gasteiger partial charge in [0.05, 0.1) is 22.3 Å². The Labute approximate surface area is 148 Å². The topological polar surface area (TPSA) is 38.1 Å². The molecule has 0 unspecified atom stereocenters. The Hall–Kier alpha value is -1.70. The number of aryl methyl sites for hydroxylation is 1. The molecule has 4 nitrogen and oxygen atoms in total. The van der Waals surface area contributed by atoms with Gasteiger partial charge in [-0.25, -0.2) is 4.98 Å². The molecule has 3 rings (SSSR count). The van der Waals surface area contributed by atoms with Crippen molar-refractivity contribution in [2.75, 3.05) is 18.8 Å². The van der Waals surface area contributed by atoms with Gasteiger partial charge in [0.1, 0.15) is 0 Å². The van der Waals surface area contributed by atoms with Crippen molar-refractivity contribution in [2.24, 2.45) is 0 Å². The van der Waals surface area contributed by atoms with Crippen LogP contribution in [-0.4, -0.2) is 39.2 Å². The predicted molar refractivity (Wildman–Crippen MR) is 91.6 cm³/mol. The van der Waals surface area contributed by atoms with Gasteiger partial charge in [-0.15, -0.1) is 0 Å². The molecule has 8 heteroatoms. The fraction of sp³-hybridized carbons (Fsp3) is 0.529. The Morgan fingerprint density at radius 3 is 2.64 bits per heavy atom. The normalized spacial score (nSPS) is 15.3. The van der Waals surface area contributed by atoms with Crippen molar-refractivity contribution in [1.82, 2.24) is 14.5 Å². The summed E-state index contributed by atoms with van der Waals surface area (Å²) >= 11 is 1.30. The second-order valence-electron chi connectivity index (χ2n) is 6.12. The van der Waals surface area contributed by atoms with Gasteiger partial charge in [-0.2, -0.15) is 13.2 Å². The Morgan fingerprint density at radius 1 is 1.28 bits per heavy atom. The summed E-state index contributed by atoms with van der Waals surface area (Å²) < 4.78 is 40.7. The van der Waals surface area contributed by atoms with E-state index in [4.69, 9.17) is 0 Å². The number of aromatic nitrogens is 2. The lowest BCUT2D eigenvalue weighted by Gasteiger charge is -2.15. The van der Waals surface area contributed by atoms with Gasteiger partial charge < -0.3 is 9.47 Å². The van der Waals surface area contributed by atoms with E-state index in [1.54, 1.807) is 4.57 Å². The molecule has 0 radical (unpaired) electrons. The van der Waals surface area contributed by atoms with E-state index < -0.39 is 11.7 Å². The van der Waals surface area contributed by atoms with Crippen molar-refractivity contribution < 1.29 is 18.0 Å². The van der Waals surface area contributed by atoms with Crippen LogP contribution in [0.25, 0.3) is 11.0 Å². The monoisotopic (exact) mass is 371 g/mol. The number of carbonyl (C=O) groups is 1. The summed E-state index contributed by atoms with van der Waals surface area (Å²) in [4.78, 5) is 18.5. The molecule has 25 heavy (non-hydrogen) atoms. The third-order valence-corrected chi connectivity index (χ3v) is 5.23. The maximum Gasteiger partial charge on any atom is 0.416 e. The van der Waals surface area contributed by atoms with Gasteiger partial charge in [-0.05, 0) is 37.5 Å². The number of nitrogens with zero attached hydrogens (tertiary/aromatic N) is 3. The number of alkyl halides is 3. The Morgan fingerprint density at radius 2 is 2.00 bits per heavy atom. The molecule has 2 heterocycles. The van der Waals surface area contributed by atoms with Gasteiger partial charge in [0.25, 0.3) is 0 Å². The number of thioether (sulfide) groups is 1. The van der Waals surface area contributed by atoms with Crippen LogP contribution in [0.4, 0.5) is 13.2 Å². The Kier molecular flexibility index (Phi) is 5.27. The average Bonchev–Trinajstić information content (AvgIpc) is 3.20. The summed E-state index contributed by atoms with van der Waals surface area (Å²) in [6.45, 7) is 4.11. The Bertz CT molecular complexity index is 766. The van der Waals surface area contributed by atoms with Crippen LogP contribution >= 0.6 is 11.8 Å². The fourth-order valence-corrected chi connectivity index (χ4v) is 3.95. The van der Waals surface area contributed by atoms with Gasteiger partial charge in [0.15, 0.2) is 5.16 Å². The minimum Gasteiger partial charge on any atom is -0.342 e. The molecule has 1 aliphatic heterocycles. The highest BCUT2D eigenvalue weighted by atomic mass is 32.2. The summed E-state index contributed by atoms with van der Waals surface area (Å²) in [5.41, 5.74) is 0.312. The fourth-order valence-electron chi connectivity index (χ4n) is 3.01. The largest absolute Gasteiger partial charge is 0.416 e. The highest BCUT2D eigenvalue weighted by Gasteiger charge is 2.31. The number of carbonyl (C=O) groups excluding carboxylic acids is 1. The van der Waals surface area contributed by atoms with Crippen LogP contribution in [0.2, 0.25) is 0 Å². The highest BCUT2D eigenvalue weighted by Crippen LogP contribution is 2.33. The van der Waals surface area contributed by atoms with Gasteiger partial charge >= 0.3 is 6.18 Å². The second kappa shape index (κ2) is 7.27. The first-order chi connectivity index (χ1) is 11.9. The molecule has 136 valence electrons. The molecular weight excluding hydrogens is 351 g/mol. The van der Waals surface area contributed by atoms with Crippen molar-refractivity contribution in [3.05, 3.63) is 23.8 Å². The van der Waals surface area contributed by atoms with Crippen LogP contribution in [0.1, 0.15) is 31.7 Å². The van der Waals surface area contributed by atoms with Crippen molar-refractivity contribution in [2.45, 2.75) is 44.1 Å². The molecule has 0 saturated carbocycles. The van der Waals surface area contributed by atoms with Crippen LogP contribution in [0.15, 0.2) is 23.4 Å². The van der Waals surface area contributed by atoms with E-state index in [0.717, 1.165) is 44.5 Å². The molecular formula is C17H20F3N3OS.